The minimum absolute atomic E-state index is 0.0112. The quantitative estimate of drug-likeness (QED) is 0.160. The topological polar surface area (TPSA) is 22.9 Å². The third kappa shape index (κ3) is 7.74. The van der Waals surface area contributed by atoms with Crippen molar-refractivity contribution in [3.63, 3.8) is 0 Å². The molecule has 4 nitrogen and oxygen atoms in total. The molecule has 80 heavy (non-hydrogen) atoms. The summed E-state index contributed by atoms with van der Waals surface area (Å²) in [6, 6.07) is 45.1. The number of hydrogen-bond donors (Lipinski definition) is 0. The van der Waals surface area contributed by atoms with Crippen LogP contribution in [0, 0.1) is 0 Å². The van der Waals surface area contributed by atoms with Crippen LogP contribution in [0.5, 0.6) is 0 Å². The van der Waals surface area contributed by atoms with Gasteiger partial charge in [-0.1, -0.05) is 170 Å². The lowest BCUT2D eigenvalue weighted by molar-refractivity contribution is 0.332. The number of nitrogens with zero attached hydrogens (tertiary/aromatic N) is 3. The first-order chi connectivity index (χ1) is 40.0. The summed E-state index contributed by atoms with van der Waals surface area (Å²) < 4.78 is 56.4. The number of rotatable bonds is 5. The van der Waals surface area contributed by atoms with Gasteiger partial charge in [0, 0.05) is 59.8 Å². The Labute approximate surface area is 486 Å². The Morgan fingerprint density at radius 2 is 1.10 bits per heavy atom. The van der Waals surface area contributed by atoms with Gasteiger partial charge in [0.15, 0.2) is 5.58 Å². The van der Waals surface area contributed by atoms with E-state index in [0.29, 0.717) is 11.4 Å². The predicted molar refractivity (Wildman–Crippen MR) is 346 cm³/mol. The van der Waals surface area contributed by atoms with E-state index in [1.807, 2.05) is 46.6 Å². The first-order valence-corrected chi connectivity index (χ1v) is 29.9. The zero-order valence-electron chi connectivity index (χ0n) is 54.2. The van der Waals surface area contributed by atoms with E-state index in [1.54, 1.807) is 0 Å². The molecule has 4 aliphatic rings. The van der Waals surface area contributed by atoms with Gasteiger partial charge in [-0.15, -0.1) is 11.3 Å². The Hall–Kier alpha value is -7.02. The van der Waals surface area contributed by atoms with E-state index in [1.165, 1.54) is 53.7 Å². The Bertz CT molecular complexity index is 4450. The number of thiophene rings is 1. The summed E-state index contributed by atoms with van der Waals surface area (Å²) in [6.45, 7) is 32.7. The third-order valence-electron chi connectivity index (χ3n) is 19.1. The van der Waals surface area contributed by atoms with Crippen LogP contribution in [-0.4, -0.2) is 6.71 Å². The molecule has 0 fully saturated rings. The number of hydrogen-bond acceptors (Lipinski definition) is 5. The molecule has 0 bridgehead atoms. The minimum Gasteiger partial charge on any atom is -0.454 e. The average Bonchev–Trinajstić information content (AvgIpc) is 1.69. The van der Waals surface area contributed by atoms with E-state index in [2.05, 4.69) is 204 Å². The van der Waals surface area contributed by atoms with Crippen molar-refractivity contribution in [2.75, 3.05) is 14.7 Å². The lowest BCUT2D eigenvalue weighted by Gasteiger charge is -2.47. The summed E-state index contributed by atoms with van der Waals surface area (Å²) in [5, 5.41) is 3.31. The van der Waals surface area contributed by atoms with E-state index in [0.717, 1.165) is 87.2 Å². The van der Waals surface area contributed by atoms with Crippen molar-refractivity contribution in [2.45, 2.75) is 155 Å². The molecule has 2 aliphatic heterocycles. The number of para-hydroxylation sites is 3. The number of fused-ring (bicyclic) bond motifs is 11. The van der Waals surface area contributed by atoms with Crippen LogP contribution in [0.1, 0.15) is 163 Å². The van der Waals surface area contributed by atoms with Crippen molar-refractivity contribution in [3.05, 3.63) is 191 Å². The van der Waals surface area contributed by atoms with Crippen LogP contribution in [0.15, 0.2) is 162 Å². The fraction of sp³-hybridized carbons (Fsp3) is 0.324. The van der Waals surface area contributed by atoms with E-state index in [4.69, 9.17) is 5.79 Å². The predicted octanol–water partition coefficient (Wildman–Crippen LogP) is 19.6. The van der Waals surface area contributed by atoms with Crippen molar-refractivity contribution < 1.29 is 11.3 Å². The maximum atomic E-state index is 9.72. The highest BCUT2D eigenvalue weighted by molar-refractivity contribution is 7.33. The molecule has 0 atom stereocenters. The summed E-state index contributed by atoms with van der Waals surface area (Å²) in [5.74, 6) is 0. The summed E-state index contributed by atoms with van der Waals surface area (Å²) >= 11 is 1.94. The first-order valence-electron chi connectivity index (χ1n) is 31.5. The first kappa shape index (κ1) is 45.7. The molecule has 6 heteroatoms. The summed E-state index contributed by atoms with van der Waals surface area (Å²) in [7, 11) is 0. The summed E-state index contributed by atoms with van der Waals surface area (Å²) in [6.07, 6.45) is 4.30. The zero-order valence-corrected chi connectivity index (χ0v) is 50.0. The SMILES string of the molecule is [2H]c1c([2H])c([2H])c(N(c2ccccc2)c2cc3c4c(c2)N(c2cccc5c2oc2ccc(C(C)(C)C)cc25)c2cc5c(cc2B4c2sc4cc6c(cc4c2N3c2ccc(C(C)(C)C)cc2)C(C)(C)CCC6(C)C)C(C)(C)CCC5(C)C)c([2H])c1[2H]. The molecule has 10 aromatic rings. The van der Waals surface area contributed by atoms with Crippen LogP contribution >= 0.6 is 11.3 Å². The van der Waals surface area contributed by atoms with Gasteiger partial charge >= 0.3 is 0 Å². The molecule has 4 heterocycles. The van der Waals surface area contributed by atoms with Gasteiger partial charge in [-0.25, -0.2) is 0 Å². The Kier molecular flexibility index (Phi) is 9.85. The molecule has 0 spiro atoms. The van der Waals surface area contributed by atoms with Crippen LogP contribution in [0.4, 0.5) is 51.2 Å². The van der Waals surface area contributed by atoms with Crippen molar-refractivity contribution in [2.24, 2.45) is 0 Å². The molecule has 0 unspecified atom stereocenters. The van der Waals surface area contributed by atoms with Gasteiger partial charge in [0.25, 0.3) is 6.71 Å². The molecule has 14 rings (SSSR count). The molecule has 0 saturated carbocycles. The normalized spacial score (nSPS) is 18.4. The van der Waals surface area contributed by atoms with Crippen molar-refractivity contribution in [1.82, 2.24) is 0 Å². The molecular weight excluding hydrogens is 990 g/mol. The molecule has 2 aliphatic carbocycles. The molecule has 402 valence electrons. The smallest absolute Gasteiger partial charge is 0.264 e. The highest BCUT2D eigenvalue weighted by Crippen LogP contribution is 2.56. The van der Waals surface area contributed by atoms with Crippen LogP contribution in [0.3, 0.4) is 0 Å². The van der Waals surface area contributed by atoms with Crippen molar-refractivity contribution in [3.8, 4) is 0 Å². The number of furan rings is 1. The lowest BCUT2D eigenvalue weighted by Crippen LogP contribution is -2.61. The Morgan fingerprint density at radius 1 is 0.512 bits per heavy atom. The van der Waals surface area contributed by atoms with Gasteiger partial charge in [0.05, 0.1) is 23.9 Å². The van der Waals surface area contributed by atoms with E-state index in [9.17, 15) is 5.48 Å². The maximum absolute atomic E-state index is 9.72. The van der Waals surface area contributed by atoms with E-state index < -0.39 is 18.1 Å². The molecule has 0 radical (unpaired) electrons. The highest BCUT2D eigenvalue weighted by Gasteiger charge is 2.49. The minimum atomic E-state index is -0.434. The highest BCUT2D eigenvalue weighted by atomic mass is 32.1. The lowest BCUT2D eigenvalue weighted by atomic mass is 9.35. The summed E-state index contributed by atoms with van der Waals surface area (Å²) in [4.78, 5) is 6.88. The van der Waals surface area contributed by atoms with Gasteiger partial charge in [-0.05, 0) is 187 Å². The second-order valence-electron chi connectivity index (χ2n) is 28.4. The maximum Gasteiger partial charge on any atom is 0.264 e. The van der Waals surface area contributed by atoms with Gasteiger partial charge in [0.2, 0.25) is 0 Å². The average molecular weight is 1070 g/mol. The largest absolute Gasteiger partial charge is 0.454 e. The van der Waals surface area contributed by atoms with Crippen LogP contribution in [-0.2, 0) is 32.5 Å². The fourth-order valence-electron chi connectivity index (χ4n) is 14.1. The second-order valence-corrected chi connectivity index (χ2v) is 29.4. The molecule has 2 aromatic heterocycles. The molecule has 8 aromatic carbocycles. The molecule has 0 N–H and O–H groups in total. The van der Waals surface area contributed by atoms with Gasteiger partial charge < -0.3 is 19.1 Å². The fourth-order valence-corrected chi connectivity index (χ4v) is 15.5. The molecular formula is C74H76BN3OS. The van der Waals surface area contributed by atoms with Crippen LogP contribution in [0.2, 0.25) is 0 Å². The Balaban J connectivity index is 1.19. The van der Waals surface area contributed by atoms with Gasteiger partial charge in [0.1, 0.15) is 5.58 Å². The standard InChI is InChI=1S/C74H76BN3OS/c1-69(2,3)45-28-31-49(32-29-45)77-61-39-50(76(47-22-17-15-18-23-47)48-24-19-16-20-25-48)40-62-65(61)75(68-66(77)53-41-54-57(44-64(53)80-68)74(13,14)37-34-71(54,7)8)58-42-55-56(73(11,12)36-35-72(55,9)10)43-60(58)78(62)59-27-21-26-51-52-38-46(70(4,5)6)30-33-63(52)79-67(51)59/h15-33,38-44H,34-37H2,1-14H3/i15D,17D,18D,22D,23D. The van der Waals surface area contributed by atoms with Crippen molar-refractivity contribution in [1.29, 1.82) is 0 Å². The van der Waals surface area contributed by atoms with Crippen LogP contribution < -0.4 is 30.4 Å². The monoisotopic (exact) mass is 1070 g/mol. The molecule has 0 amide bonds. The third-order valence-corrected chi connectivity index (χ3v) is 20.4. The number of benzene rings is 8. The van der Waals surface area contributed by atoms with Gasteiger partial charge in [-0.2, -0.15) is 0 Å². The van der Waals surface area contributed by atoms with E-state index >= 15 is 0 Å². The molecule has 0 saturated heterocycles. The zero-order chi connectivity index (χ0) is 60.1. The second kappa shape index (κ2) is 17.3. The van der Waals surface area contributed by atoms with Crippen LogP contribution in [0.25, 0.3) is 32.0 Å². The van der Waals surface area contributed by atoms with E-state index in [-0.39, 0.29) is 57.0 Å². The number of anilines is 9. The summed E-state index contributed by atoms with van der Waals surface area (Å²) in [5.41, 5.74) is 18.9. The van der Waals surface area contributed by atoms with Crippen molar-refractivity contribution >= 4 is 117 Å². The van der Waals surface area contributed by atoms with Gasteiger partial charge in [-0.3, -0.25) is 0 Å². The Morgan fingerprint density at radius 3 is 1.74 bits per heavy atom.